The number of methoxy groups -OCH3 is 1. The van der Waals surface area contributed by atoms with Gasteiger partial charge in [0.1, 0.15) is 13.2 Å². The average Bonchev–Trinajstić information content (AvgIpc) is 2.65. The zero-order chi connectivity index (χ0) is 16.8. The van der Waals surface area contributed by atoms with Crippen LogP contribution in [0.1, 0.15) is 10.4 Å². The zero-order valence-electron chi connectivity index (χ0n) is 13.2. The third kappa shape index (κ3) is 3.65. The number of aromatic nitrogens is 2. The van der Waals surface area contributed by atoms with E-state index in [-0.39, 0.29) is 5.91 Å². The Morgan fingerprint density at radius 1 is 1.21 bits per heavy atom. The zero-order valence-corrected chi connectivity index (χ0v) is 13.2. The van der Waals surface area contributed by atoms with E-state index < -0.39 is 0 Å². The number of ether oxygens (including phenoxy) is 3. The van der Waals surface area contributed by atoms with Crippen molar-refractivity contribution in [3.05, 3.63) is 36.2 Å². The van der Waals surface area contributed by atoms with Gasteiger partial charge in [-0.1, -0.05) is 0 Å². The van der Waals surface area contributed by atoms with Crippen LogP contribution in [0.4, 0.5) is 5.95 Å². The van der Waals surface area contributed by atoms with Gasteiger partial charge in [-0.15, -0.1) is 0 Å². The molecule has 0 saturated heterocycles. The first-order valence-electron chi connectivity index (χ1n) is 7.54. The summed E-state index contributed by atoms with van der Waals surface area (Å²) >= 11 is 0. The third-order valence-electron chi connectivity index (χ3n) is 3.35. The van der Waals surface area contributed by atoms with Gasteiger partial charge in [-0.3, -0.25) is 4.79 Å². The third-order valence-corrected chi connectivity index (χ3v) is 3.35. The average molecular weight is 330 g/mol. The molecule has 3 rings (SSSR count). The molecule has 0 atom stereocenters. The van der Waals surface area contributed by atoms with Gasteiger partial charge >= 0.3 is 0 Å². The van der Waals surface area contributed by atoms with Crippen LogP contribution in [-0.4, -0.2) is 49.3 Å². The molecule has 126 valence electrons. The largest absolute Gasteiger partial charge is 0.493 e. The molecule has 0 unspecified atom stereocenters. The predicted octanol–water partition coefficient (Wildman–Crippen LogP) is 1.10. The summed E-state index contributed by atoms with van der Waals surface area (Å²) in [6, 6.07) is 5.03. The molecule has 0 saturated carbocycles. The Labute approximate surface area is 139 Å². The molecule has 0 fully saturated rings. The molecule has 1 aromatic heterocycles. The molecule has 8 heteroatoms. The molecular weight excluding hydrogens is 312 g/mol. The second kappa shape index (κ2) is 7.49. The van der Waals surface area contributed by atoms with E-state index in [0.29, 0.717) is 55.1 Å². The van der Waals surface area contributed by atoms with Gasteiger partial charge in [0.25, 0.3) is 5.91 Å². The molecule has 0 aliphatic carbocycles. The lowest BCUT2D eigenvalue weighted by Crippen LogP contribution is -2.29. The Balaban J connectivity index is 1.58. The van der Waals surface area contributed by atoms with Crippen LogP contribution in [-0.2, 0) is 0 Å². The highest BCUT2D eigenvalue weighted by atomic mass is 16.6. The van der Waals surface area contributed by atoms with Gasteiger partial charge in [-0.05, 0) is 18.2 Å². The first-order chi connectivity index (χ1) is 11.8. The molecule has 24 heavy (non-hydrogen) atoms. The summed E-state index contributed by atoms with van der Waals surface area (Å²) in [5.74, 6) is 1.83. The van der Waals surface area contributed by atoms with Crippen LogP contribution >= 0.6 is 0 Å². The van der Waals surface area contributed by atoms with Crippen molar-refractivity contribution in [2.75, 3.05) is 38.7 Å². The number of rotatable bonds is 6. The van der Waals surface area contributed by atoms with E-state index in [4.69, 9.17) is 14.2 Å². The molecule has 8 nitrogen and oxygen atoms in total. The number of fused-ring (bicyclic) bond motifs is 1. The van der Waals surface area contributed by atoms with Crippen molar-refractivity contribution in [2.45, 2.75) is 0 Å². The molecular formula is C16H18N4O4. The Morgan fingerprint density at radius 3 is 2.79 bits per heavy atom. The molecule has 2 N–H and O–H groups in total. The molecule has 1 aliphatic rings. The van der Waals surface area contributed by atoms with Crippen molar-refractivity contribution in [2.24, 2.45) is 0 Å². The molecule has 0 bridgehead atoms. The number of amides is 1. The molecule has 2 aromatic rings. The number of carbonyl (C=O) groups excluding carboxylic acids is 1. The van der Waals surface area contributed by atoms with E-state index in [9.17, 15) is 4.79 Å². The fraction of sp³-hybridized carbons (Fsp3) is 0.312. The van der Waals surface area contributed by atoms with Crippen LogP contribution < -0.4 is 24.8 Å². The lowest BCUT2D eigenvalue weighted by atomic mass is 10.1. The predicted molar refractivity (Wildman–Crippen MR) is 86.8 cm³/mol. The van der Waals surface area contributed by atoms with Gasteiger partial charge in [0, 0.05) is 31.0 Å². The van der Waals surface area contributed by atoms with Gasteiger partial charge in [-0.25, -0.2) is 9.97 Å². The van der Waals surface area contributed by atoms with E-state index in [0.717, 1.165) is 0 Å². The van der Waals surface area contributed by atoms with Crippen LogP contribution in [0.3, 0.4) is 0 Å². The fourth-order valence-corrected chi connectivity index (χ4v) is 2.25. The fourth-order valence-electron chi connectivity index (χ4n) is 2.25. The van der Waals surface area contributed by atoms with Crippen molar-refractivity contribution in [3.8, 4) is 17.2 Å². The van der Waals surface area contributed by atoms with Crippen molar-refractivity contribution in [1.29, 1.82) is 0 Å². The smallest absolute Gasteiger partial charge is 0.251 e. The van der Waals surface area contributed by atoms with Crippen LogP contribution in [0.15, 0.2) is 30.6 Å². The minimum Gasteiger partial charge on any atom is -0.493 e. The summed E-state index contributed by atoms with van der Waals surface area (Å²) in [7, 11) is 1.53. The summed E-state index contributed by atoms with van der Waals surface area (Å²) in [5.41, 5.74) is 0.451. The topological polar surface area (TPSA) is 94.6 Å². The van der Waals surface area contributed by atoms with Crippen LogP contribution in [0, 0.1) is 0 Å². The van der Waals surface area contributed by atoms with Crippen molar-refractivity contribution < 1.29 is 19.0 Å². The Morgan fingerprint density at radius 2 is 2.00 bits per heavy atom. The summed E-state index contributed by atoms with van der Waals surface area (Å²) < 4.78 is 16.3. The molecule has 2 heterocycles. The van der Waals surface area contributed by atoms with E-state index in [2.05, 4.69) is 20.6 Å². The number of nitrogens with zero attached hydrogens (tertiary/aromatic N) is 2. The number of anilines is 1. The van der Waals surface area contributed by atoms with Gasteiger partial charge in [-0.2, -0.15) is 0 Å². The summed E-state index contributed by atoms with van der Waals surface area (Å²) in [6.07, 6.45) is 3.30. The van der Waals surface area contributed by atoms with Crippen molar-refractivity contribution >= 4 is 11.9 Å². The van der Waals surface area contributed by atoms with Crippen LogP contribution in [0.25, 0.3) is 0 Å². The van der Waals surface area contributed by atoms with E-state index in [1.807, 2.05) is 0 Å². The van der Waals surface area contributed by atoms with Crippen molar-refractivity contribution in [1.82, 2.24) is 15.3 Å². The second-order valence-electron chi connectivity index (χ2n) is 4.96. The standard InChI is InChI=1S/C16H18N4O4/c1-22-12-9-11(10-13-14(12)24-8-7-23-13)15(21)17-5-6-20-16-18-3-2-4-19-16/h2-4,9-10H,5-8H2,1H3,(H,17,21)(H,18,19,20). The Bertz CT molecular complexity index is 691. The second-order valence-corrected chi connectivity index (χ2v) is 4.96. The quantitative estimate of drug-likeness (QED) is 0.766. The highest BCUT2D eigenvalue weighted by Gasteiger charge is 2.20. The van der Waals surface area contributed by atoms with Crippen LogP contribution in [0.5, 0.6) is 17.2 Å². The number of benzene rings is 1. The number of carbonyl (C=O) groups is 1. The lowest BCUT2D eigenvalue weighted by Gasteiger charge is -2.21. The monoisotopic (exact) mass is 330 g/mol. The van der Waals surface area contributed by atoms with E-state index in [1.54, 1.807) is 30.6 Å². The van der Waals surface area contributed by atoms with Gasteiger partial charge in [0.15, 0.2) is 11.5 Å². The number of nitrogens with one attached hydrogen (secondary N) is 2. The maximum absolute atomic E-state index is 12.3. The maximum atomic E-state index is 12.3. The van der Waals surface area contributed by atoms with Gasteiger partial charge in [0.05, 0.1) is 7.11 Å². The normalized spacial score (nSPS) is 12.4. The van der Waals surface area contributed by atoms with Gasteiger partial charge in [0.2, 0.25) is 11.7 Å². The lowest BCUT2D eigenvalue weighted by molar-refractivity contribution is 0.0953. The van der Waals surface area contributed by atoms with E-state index >= 15 is 0 Å². The maximum Gasteiger partial charge on any atom is 0.251 e. The Hall–Kier alpha value is -3.03. The summed E-state index contributed by atoms with van der Waals surface area (Å²) in [5, 5.41) is 5.84. The van der Waals surface area contributed by atoms with Crippen molar-refractivity contribution in [3.63, 3.8) is 0 Å². The molecule has 1 aromatic carbocycles. The van der Waals surface area contributed by atoms with E-state index in [1.165, 1.54) is 7.11 Å². The minimum absolute atomic E-state index is 0.221. The van der Waals surface area contributed by atoms with Crippen LogP contribution in [0.2, 0.25) is 0 Å². The van der Waals surface area contributed by atoms with Gasteiger partial charge < -0.3 is 24.8 Å². The first kappa shape index (κ1) is 15.9. The Kier molecular flexibility index (Phi) is 4.95. The minimum atomic E-state index is -0.221. The summed E-state index contributed by atoms with van der Waals surface area (Å²) in [4.78, 5) is 20.4. The highest BCUT2D eigenvalue weighted by molar-refractivity contribution is 5.95. The number of hydrogen-bond donors (Lipinski definition) is 2. The first-order valence-corrected chi connectivity index (χ1v) is 7.54. The molecule has 1 amide bonds. The molecule has 0 spiro atoms. The number of hydrogen-bond acceptors (Lipinski definition) is 7. The SMILES string of the molecule is COc1cc(C(=O)NCCNc2ncccn2)cc2c1OCCO2. The summed E-state index contributed by atoms with van der Waals surface area (Å²) in [6.45, 7) is 1.84. The highest BCUT2D eigenvalue weighted by Crippen LogP contribution is 2.40. The molecule has 0 radical (unpaired) electrons. The molecule has 1 aliphatic heterocycles.